The molecule has 1 aliphatic rings. The van der Waals surface area contributed by atoms with E-state index in [0.717, 1.165) is 0 Å². The van der Waals surface area contributed by atoms with Crippen molar-refractivity contribution >= 4 is 11.9 Å². The summed E-state index contributed by atoms with van der Waals surface area (Å²) in [6.07, 6.45) is 0.908. The van der Waals surface area contributed by atoms with E-state index in [4.69, 9.17) is 15.6 Å². The zero-order valence-corrected chi connectivity index (χ0v) is 9.36. The second kappa shape index (κ2) is 5.27. The molecule has 0 radical (unpaired) electrons. The van der Waals surface area contributed by atoms with Gasteiger partial charge in [-0.2, -0.15) is 0 Å². The molecule has 0 aliphatic carbocycles. The first-order chi connectivity index (χ1) is 7.46. The summed E-state index contributed by atoms with van der Waals surface area (Å²) in [5.74, 6) is -1.59. The molecule has 1 aliphatic heterocycles. The quantitative estimate of drug-likeness (QED) is 0.581. The van der Waals surface area contributed by atoms with Crippen molar-refractivity contribution < 1.29 is 19.4 Å². The van der Waals surface area contributed by atoms with Gasteiger partial charge in [0.15, 0.2) is 0 Å². The minimum atomic E-state index is -0.938. The Hall–Kier alpha value is -1.14. The first kappa shape index (κ1) is 12.9. The maximum atomic E-state index is 11.7. The van der Waals surface area contributed by atoms with Gasteiger partial charge in [-0.25, -0.2) is 0 Å². The van der Waals surface area contributed by atoms with E-state index in [-0.39, 0.29) is 12.5 Å². The van der Waals surface area contributed by atoms with Crippen molar-refractivity contribution in [1.29, 1.82) is 0 Å². The third-order valence-corrected chi connectivity index (χ3v) is 2.79. The molecule has 0 aromatic rings. The number of carbonyl (C=O) groups is 2. The fourth-order valence-electron chi connectivity index (χ4n) is 1.46. The van der Waals surface area contributed by atoms with Gasteiger partial charge in [0, 0.05) is 13.2 Å². The molecule has 2 atom stereocenters. The molecule has 1 heterocycles. The molecule has 0 aromatic carbocycles. The van der Waals surface area contributed by atoms with Gasteiger partial charge >= 0.3 is 5.97 Å². The minimum absolute atomic E-state index is 0.229. The zero-order chi connectivity index (χ0) is 12.2. The molecule has 6 heteroatoms. The molecule has 0 aromatic heterocycles. The van der Waals surface area contributed by atoms with Crippen molar-refractivity contribution in [2.24, 2.45) is 11.7 Å². The van der Waals surface area contributed by atoms with Crippen LogP contribution in [-0.4, -0.2) is 42.3 Å². The highest BCUT2D eigenvalue weighted by molar-refractivity contribution is 5.86. The maximum absolute atomic E-state index is 11.7. The Morgan fingerprint density at radius 3 is 2.81 bits per heavy atom. The van der Waals surface area contributed by atoms with E-state index in [1.165, 1.54) is 0 Å². The Morgan fingerprint density at radius 2 is 2.31 bits per heavy atom. The highest BCUT2D eigenvalue weighted by Gasteiger charge is 2.37. The van der Waals surface area contributed by atoms with Gasteiger partial charge in [-0.05, 0) is 12.8 Å². The summed E-state index contributed by atoms with van der Waals surface area (Å²) in [6, 6.07) is 0. The highest BCUT2D eigenvalue weighted by atomic mass is 16.5. The molecular weight excluding hydrogens is 212 g/mol. The third-order valence-electron chi connectivity index (χ3n) is 2.79. The number of carboxylic acids is 1. The second-order valence-electron chi connectivity index (χ2n) is 4.24. The number of carboxylic acid groups (broad SMARTS) is 1. The van der Waals surface area contributed by atoms with Crippen molar-refractivity contribution in [2.45, 2.75) is 25.3 Å². The molecule has 1 amide bonds. The summed E-state index contributed by atoms with van der Waals surface area (Å²) < 4.78 is 5.07. The van der Waals surface area contributed by atoms with Crippen LogP contribution in [0.15, 0.2) is 0 Å². The molecule has 2 unspecified atom stereocenters. The fourth-order valence-corrected chi connectivity index (χ4v) is 1.46. The summed E-state index contributed by atoms with van der Waals surface area (Å²) in [6.45, 7) is 2.65. The Morgan fingerprint density at radius 1 is 1.62 bits per heavy atom. The van der Waals surface area contributed by atoms with Crippen molar-refractivity contribution in [2.75, 3.05) is 19.8 Å². The number of ether oxygens (including phenoxy) is 1. The lowest BCUT2D eigenvalue weighted by Crippen LogP contribution is -2.54. The fraction of sp³-hybridized carbons (Fsp3) is 0.800. The minimum Gasteiger partial charge on any atom is -0.481 e. The van der Waals surface area contributed by atoms with E-state index in [1.807, 2.05) is 0 Å². The number of rotatable bonds is 5. The number of carbonyl (C=O) groups excluding carboxylic acids is 1. The lowest BCUT2D eigenvalue weighted by molar-refractivity contribution is -0.141. The van der Waals surface area contributed by atoms with Crippen LogP contribution in [0.1, 0.15) is 19.8 Å². The van der Waals surface area contributed by atoms with Gasteiger partial charge in [-0.15, -0.1) is 0 Å². The van der Waals surface area contributed by atoms with Gasteiger partial charge in [-0.3, -0.25) is 9.59 Å². The molecule has 1 rings (SSSR count). The topological polar surface area (TPSA) is 102 Å². The zero-order valence-electron chi connectivity index (χ0n) is 9.36. The van der Waals surface area contributed by atoms with Crippen LogP contribution in [0.5, 0.6) is 0 Å². The largest absolute Gasteiger partial charge is 0.481 e. The smallest absolute Gasteiger partial charge is 0.306 e. The Kier molecular flexibility index (Phi) is 4.26. The highest BCUT2D eigenvalue weighted by Crippen LogP contribution is 2.15. The van der Waals surface area contributed by atoms with E-state index in [9.17, 15) is 9.59 Å². The van der Waals surface area contributed by atoms with Crippen LogP contribution in [0.2, 0.25) is 0 Å². The van der Waals surface area contributed by atoms with E-state index < -0.39 is 17.4 Å². The molecule has 0 bridgehead atoms. The van der Waals surface area contributed by atoms with Gasteiger partial charge in [0.05, 0.1) is 12.5 Å². The molecule has 1 saturated heterocycles. The Balaban J connectivity index is 2.27. The van der Waals surface area contributed by atoms with Gasteiger partial charge in [0.25, 0.3) is 0 Å². The monoisotopic (exact) mass is 230 g/mol. The van der Waals surface area contributed by atoms with Crippen molar-refractivity contribution in [3.63, 3.8) is 0 Å². The SMILES string of the molecule is CC(CCNC(=O)C1(N)CCOC1)C(=O)O. The molecule has 16 heavy (non-hydrogen) atoms. The lowest BCUT2D eigenvalue weighted by Gasteiger charge is -2.20. The number of nitrogens with two attached hydrogens (primary N) is 1. The maximum Gasteiger partial charge on any atom is 0.306 e. The van der Waals surface area contributed by atoms with Crippen LogP contribution < -0.4 is 11.1 Å². The molecule has 1 fully saturated rings. The summed E-state index contributed by atoms with van der Waals surface area (Å²) in [5, 5.41) is 11.3. The summed E-state index contributed by atoms with van der Waals surface area (Å²) in [5.41, 5.74) is 4.89. The van der Waals surface area contributed by atoms with Crippen LogP contribution in [0.3, 0.4) is 0 Å². The molecule has 0 saturated carbocycles. The van der Waals surface area contributed by atoms with E-state index >= 15 is 0 Å². The number of hydrogen-bond donors (Lipinski definition) is 3. The number of aliphatic carboxylic acids is 1. The van der Waals surface area contributed by atoms with Crippen molar-refractivity contribution in [3.8, 4) is 0 Å². The van der Waals surface area contributed by atoms with Crippen LogP contribution in [0.4, 0.5) is 0 Å². The molecule has 6 nitrogen and oxygen atoms in total. The van der Waals surface area contributed by atoms with Crippen LogP contribution in [-0.2, 0) is 14.3 Å². The molecule has 4 N–H and O–H groups in total. The van der Waals surface area contributed by atoms with E-state index in [1.54, 1.807) is 6.92 Å². The Labute approximate surface area is 94.1 Å². The van der Waals surface area contributed by atoms with Gasteiger partial charge in [0.2, 0.25) is 5.91 Å². The predicted octanol–water partition coefficient (Wildman–Crippen LogP) is -0.669. The van der Waals surface area contributed by atoms with Crippen LogP contribution in [0.25, 0.3) is 0 Å². The summed E-state index contributed by atoms with van der Waals surface area (Å²) in [7, 11) is 0. The first-order valence-electron chi connectivity index (χ1n) is 5.33. The summed E-state index contributed by atoms with van der Waals surface area (Å²) in [4.78, 5) is 22.2. The average molecular weight is 230 g/mol. The number of hydrogen-bond acceptors (Lipinski definition) is 4. The van der Waals surface area contributed by atoms with Gasteiger partial charge in [0.1, 0.15) is 5.54 Å². The van der Waals surface area contributed by atoms with E-state index in [2.05, 4.69) is 5.32 Å². The normalized spacial score (nSPS) is 26.4. The van der Waals surface area contributed by atoms with Gasteiger partial charge < -0.3 is 20.9 Å². The van der Waals surface area contributed by atoms with Crippen molar-refractivity contribution in [3.05, 3.63) is 0 Å². The standard InChI is InChI=1S/C10H18N2O4/c1-7(8(13)14)2-4-12-9(15)10(11)3-5-16-6-10/h7H,2-6,11H2,1H3,(H,12,15)(H,13,14). The second-order valence-corrected chi connectivity index (χ2v) is 4.24. The van der Waals surface area contributed by atoms with Gasteiger partial charge in [-0.1, -0.05) is 6.92 Å². The Bertz CT molecular complexity index is 274. The number of nitrogens with one attached hydrogen (secondary N) is 1. The molecule has 0 spiro atoms. The van der Waals surface area contributed by atoms with E-state index in [0.29, 0.717) is 26.0 Å². The number of amides is 1. The summed E-state index contributed by atoms with van der Waals surface area (Å²) >= 11 is 0. The van der Waals surface area contributed by atoms with Crippen LogP contribution >= 0.6 is 0 Å². The molecular formula is C10H18N2O4. The van der Waals surface area contributed by atoms with Crippen molar-refractivity contribution in [1.82, 2.24) is 5.32 Å². The average Bonchev–Trinajstić information content (AvgIpc) is 2.66. The third kappa shape index (κ3) is 3.18. The first-order valence-corrected chi connectivity index (χ1v) is 5.33. The predicted molar refractivity (Wildman–Crippen MR) is 56.8 cm³/mol. The molecule has 92 valence electrons. The van der Waals surface area contributed by atoms with Crippen LogP contribution in [0, 0.1) is 5.92 Å². The lowest BCUT2D eigenvalue weighted by atomic mass is 9.99.